The summed E-state index contributed by atoms with van der Waals surface area (Å²) in [5.41, 5.74) is 1.29. The van der Waals surface area contributed by atoms with E-state index >= 15 is 0 Å². The van der Waals surface area contributed by atoms with Gasteiger partial charge in [0, 0.05) is 37.1 Å². The van der Waals surface area contributed by atoms with Crippen molar-refractivity contribution in [3.63, 3.8) is 0 Å². The Hall–Kier alpha value is -0.650. The van der Waals surface area contributed by atoms with E-state index < -0.39 is 0 Å². The maximum atomic E-state index is 4.90. The van der Waals surface area contributed by atoms with Crippen molar-refractivity contribution in [3.05, 3.63) is 10.6 Å². The molecular weight excluding hydrogens is 256 g/mol. The Bertz CT molecular complexity index is 381. The molecule has 2 rings (SSSR count). The second kappa shape index (κ2) is 6.68. The molecule has 1 aromatic rings. The minimum atomic E-state index is 0.557. The number of nitrogens with one attached hydrogen (secondary N) is 1. The highest BCUT2D eigenvalue weighted by molar-refractivity contribution is 7.15. The Balaban J connectivity index is 2.17. The average molecular weight is 282 g/mol. The Labute approximate surface area is 120 Å². The summed E-state index contributed by atoms with van der Waals surface area (Å²) in [6, 6.07) is 0.557. The lowest BCUT2D eigenvalue weighted by atomic mass is 10.2. The first-order chi connectivity index (χ1) is 9.15. The van der Waals surface area contributed by atoms with Crippen molar-refractivity contribution in [1.82, 2.24) is 15.2 Å². The molecule has 5 heteroatoms. The van der Waals surface area contributed by atoms with Crippen LogP contribution in [0.25, 0.3) is 0 Å². The predicted molar refractivity (Wildman–Crippen MR) is 83.2 cm³/mol. The molecular formula is C14H26N4S. The van der Waals surface area contributed by atoms with Gasteiger partial charge < -0.3 is 15.1 Å². The quantitative estimate of drug-likeness (QED) is 0.894. The van der Waals surface area contributed by atoms with Crippen LogP contribution in [-0.4, -0.2) is 49.7 Å². The van der Waals surface area contributed by atoms with Crippen LogP contribution in [0.4, 0.5) is 5.13 Å². The van der Waals surface area contributed by atoms with Crippen LogP contribution >= 0.6 is 11.3 Å². The van der Waals surface area contributed by atoms with E-state index in [0.29, 0.717) is 6.04 Å². The topological polar surface area (TPSA) is 31.4 Å². The van der Waals surface area contributed by atoms with Crippen LogP contribution in [0.2, 0.25) is 0 Å². The monoisotopic (exact) mass is 282 g/mol. The normalized spacial score (nSPS) is 21.1. The molecule has 4 nitrogen and oxygen atoms in total. The first kappa shape index (κ1) is 14.8. The molecule has 108 valence electrons. The number of aromatic nitrogens is 1. The first-order valence-corrected chi connectivity index (χ1v) is 8.05. The Morgan fingerprint density at radius 2 is 2.21 bits per heavy atom. The molecule has 1 aliphatic rings. The fourth-order valence-corrected chi connectivity index (χ4v) is 3.89. The summed E-state index contributed by atoms with van der Waals surface area (Å²) in [5.74, 6) is 0. The van der Waals surface area contributed by atoms with Crippen LogP contribution in [0.5, 0.6) is 0 Å². The predicted octanol–water partition coefficient (Wildman–Crippen LogP) is 1.96. The molecule has 1 atom stereocenters. The molecule has 2 heterocycles. The lowest BCUT2D eigenvalue weighted by Gasteiger charge is -2.38. The molecule has 1 saturated heterocycles. The van der Waals surface area contributed by atoms with Gasteiger partial charge in [0.05, 0.1) is 5.69 Å². The molecule has 0 spiro atoms. The molecule has 19 heavy (non-hydrogen) atoms. The molecule has 0 aromatic carbocycles. The second-order valence-corrected chi connectivity index (χ2v) is 6.51. The van der Waals surface area contributed by atoms with Gasteiger partial charge in [-0.05, 0) is 27.4 Å². The molecule has 0 saturated carbocycles. The van der Waals surface area contributed by atoms with E-state index in [2.05, 4.69) is 36.0 Å². The number of likely N-dealkylation sites (N-methyl/N-ethyl adjacent to an activating group) is 1. The molecule has 1 N–H and O–H groups in total. The lowest BCUT2D eigenvalue weighted by molar-refractivity contribution is 0.275. The van der Waals surface area contributed by atoms with E-state index in [1.807, 2.05) is 18.4 Å². The van der Waals surface area contributed by atoms with Crippen LogP contribution in [-0.2, 0) is 13.0 Å². The maximum Gasteiger partial charge on any atom is 0.186 e. The van der Waals surface area contributed by atoms with Gasteiger partial charge in [0.2, 0.25) is 0 Å². The molecule has 0 radical (unpaired) electrons. The number of piperazine rings is 1. The zero-order valence-electron chi connectivity index (χ0n) is 12.6. The summed E-state index contributed by atoms with van der Waals surface area (Å²) in [6.45, 7) is 8.82. The Kier molecular flexibility index (Phi) is 5.19. The zero-order valence-corrected chi connectivity index (χ0v) is 13.4. The number of rotatable bonds is 5. The standard InChI is InChI=1S/C14H26N4S/c1-5-6-12-13(9-15-3)19-14(16-12)18-8-7-17(4)10-11(18)2/h11,15H,5-10H2,1-4H3. The van der Waals surface area contributed by atoms with Gasteiger partial charge in [-0.1, -0.05) is 13.3 Å². The molecule has 1 aromatic heterocycles. The molecule has 0 amide bonds. The summed E-state index contributed by atoms with van der Waals surface area (Å²) in [7, 11) is 4.21. The summed E-state index contributed by atoms with van der Waals surface area (Å²) in [5, 5.41) is 4.48. The number of anilines is 1. The van der Waals surface area contributed by atoms with Crippen LogP contribution < -0.4 is 10.2 Å². The van der Waals surface area contributed by atoms with Crippen LogP contribution in [0.1, 0.15) is 30.8 Å². The summed E-state index contributed by atoms with van der Waals surface area (Å²) in [6.07, 6.45) is 2.26. The highest BCUT2D eigenvalue weighted by Crippen LogP contribution is 2.29. The summed E-state index contributed by atoms with van der Waals surface area (Å²) >= 11 is 1.87. The van der Waals surface area contributed by atoms with Crippen LogP contribution in [0.3, 0.4) is 0 Å². The van der Waals surface area contributed by atoms with Crippen LogP contribution in [0.15, 0.2) is 0 Å². The number of hydrogen-bond acceptors (Lipinski definition) is 5. The maximum absolute atomic E-state index is 4.90. The van der Waals surface area contributed by atoms with Gasteiger partial charge in [-0.3, -0.25) is 0 Å². The third-order valence-electron chi connectivity index (χ3n) is 3.67. The van der Waals surface area contributed by atoms with E-state index in [-0.39, 0.29) is 0 Å². The van der Waals surface area contributed by atoms with Gasteiger partial charge in [0.25, 0.3) is 0 Å². The van der Waals surface area contributed by atoms with Gasteiger partial charge in [-0.25, -0.2) is 4.98 Å². The Morgan fingerprint density at radius 1 is 1.42 bits per heavy atom. The van der Waals surface area contributed by atoms with E-state index in [0.717, 1.165) is 39.0 Å². The smallest absolute Gasteiger partial charge is 0.186 e. The molecule has 0 bridgehead atoms. The van der Waals surface area contributed by atoms with Gasteiger partial charge in [0.1, 0.15) is 0 Å². The van der Waals surface area contributed by atoms with Gasteiger partial charge in [-0.15, -0.1) is 11.3 Å². The fraction of sp³-hybridized carbons (Fsp3) is 0.786. The minimum Gasteiger partial charge on any atom is -0.343 e. The van der Waals surface area contributed by atoms with Crippen molar-refractivity contribution in [3.8, 4) is 0 Å². The summed E-state index contributed by atoms with van der Waals surface area (Å²) < 4.78 is 0. The third kappa shape index (κ3) is 3.46. The van der Waals surface area contributed by atoms with Crippen molar-refractivity contribution in [2.24, 2.45) is 0 Å². The Morgan fingerprint density at radius 3 is 2.84 bits per heavy atom. The number of hydrogen-bond donors (Lipinski definition) is 1. The van der Waals surface area contributed by atoms with E-state index in [9.17, 15) is 0 Å². The van der Waals surface area contributed by atoms with E-state index in [1.54, 1.807) is 0 Å². The molecule has 1 unspecified atom stereocenters. The zero-order chi connectivity index (χ0) is 13.8. The van der Waals surface area contributed by atoms with Crippen LogP contribution in [0, 0.1) is 0 Å². The largest absolute Gasteiger partial charge is 0.343 e. The number of aryl methyl sites for hydroxylation is 1. The summed E-state index contributed by atoms with van der Waals surface area (Å²) in [4.78, 5) is 11.2. The van der Waals surface area contributed by atoms with Gasteiger partial charge in [-0.2, -0.15) is 0 Å². The number of nitrogens with zero attached hydrogens (tertiary/aromatic N) is 3. The van der Waals surface area contributed by atoms with Gasteiger partial charge >= 0.3 is 0 Å². The third-order valence-corrected chi connectivity index (χ3v) is 4.80. The fourth-order valence-electron chi connectivity index (χ4n) is 2.65. The SMILES string of the molecule is CCCc1nc(N2CCN(C)CC2C)sc1CNC. The van der Waals surface area contributed by atoms with Crippen molar-refractivity contribution < 1.29 is 0 Å². The molecule has 1 aliphatic heterocycles. The highest BCUT2D eigenvalue weighted by atomic mass is 32.1. The van der Waals surface area contributed by atoms with Crippen molar-refractivity contribution in [1.29, 1.82) is 0 Å². The van der Waals surface area contributed by atoms with Crippen molar-refractivity contribution >= 4 is 16.5 Å². The average Bonchev–Trinajstić information content (AvgIpc) is 2.73. The first-order valence-electron chi connectivity index (χ1n) is 7.24. The van der Waals surface area contributed by atoms with E-state index in [4.69, 9.17) is 4.98 Å². The minimum absolute atomic E-state index is 0.557. The second-order valence-electron chi connectivity index (χ2n) is 5.45. The van der Waals surface area contributed by atoms with Crippen molar-refractivity contribution in [2.45, 2.75) is 39.3 Å². The van der Waals surface area contributed by atoms with Gasteiger partial charge in [0.15, 0.2) is 5.13 Å². The molecule has 1 fully saturated rings. The lowest BCUT2D eigenvalue weighted by Crippen LogP contribution is -2.50. The molecule has 0 aliphatic carbocycles. The number of thiazole rings is 1. The van der Waals surface area contributed by atoms with E-state index in [1.165, 1.54) is 15.7 Å². The highest BCUT2D eigenvalue weighted by Gasteiger charge is 2.25. The van der Waals surface area contributed by atoms with Crippen molar-refractivity contribution in [2.75, 3.05) is 38.6 Å².